The van der Waals surface area contributed by atoms with Crippen molar-refractivity contribution in [1.82, 2.24) is 0 Å². The summed E-state index contributed by atoms with van der Waals surface area (Å²) in [5.41, 5.74) is 0. The molecule has 1 aliphatic rings. The van der Waals surface area contributed by atoms with Gasteiger partial charge in [-0.25, -0.2) is 0 Å². The van der Waals surface area contributed by atoms with Gasteiger partial charge in [-0.3, -0.25) is 0 Å². The van der Waals surface area contributed by atoms with E-state index in [0.717, 1.165) is 13.0 Å². The second kappa shape index (κ2) is 1.99. The molecule has 0 amide bonds. The van der Waals surface area contributed by atoms with E-state index in [1.807, 2.05) is 0 Å². The van der Waals surface area contributed by atoms with Crippen LogP contribution in [0, 0.1) is 18.3 Å². The molecular formula is C6H7O. The van der Waals surface area contributed by atoms with E-state index in [4.69, 9.17) is 11.2 Å². The van der Waals surface area contributed by atoms with Crippen LogP contribution in [0.3, 0.4) is 0 Å². The van der Waals surface area contributed by atoms with E-state index in [9.17, 15) is 0 Å². The van der Waals surface area contributed by atoms with Crippen LogP contribution in [0.1, 0.15) is 6.42 Å². The predicted molar refractivity (Wildman–Crippen MR) is 26.1 cm³/mol. The van der Waals surface area contributed by atoms with E-state index in [1.54, 1.807) is 0 Å². The van der Waals surface area contributed by atoms with Crippen molar-refractivity contribution in [2.75, 3.05) is 13.2 Å². The second-order valence-electron chi connectivity index (χ2n) is 1.70. The van der Waals surface area contributed by atoms with Gasteiger partial charge in [0, 0.05) is 12.5 Å². The zero-order chi connectivity index (χ0) is 5.11. The summed E-state index contributed by atoms with van der Waals surface area (Å²) in [5.74, 6) is 2.68. The van der Waals surface area contributed by atoms with Gasteiger partial charge in [-0.1, -0.05) is 5.92 Å². The molecule has 0 aromatic carbocycles. The van der Waals surface area contributed by atoms with Gasteiger partial charge in [-0.2, -0.15) is 0 Å². The third-order valence-corrected chi connectivity index (χ3v) is 1.13. The molecule has 1 atom stereocenters. The number of rotatable bonds is 0. The molecule has 1 heteroatoms. The highest BCUT2D eigenvalue weighted by atomic mass is 16.5. The van der Waals surface area contributed by atoms with Crippen LogP contribution in [0.25, 0.3) is 0 Å². The summed E-state index contributed by atoms with van der Waals surface area (Å²) < 4.78 is 4.97. The van der Waals surface area contributed by atoms with E-state index in [2.05, 4.69) is 5.92 Å². The quantitative estimate of drug-likeness (QED) is 0.400. The van der Waals surface area contributed by atoms with Crippen LogP contribution >= 0.6 is 0 Å². The summed E-state index contributed by atoms with van der Waals surface area (Å²) in [7, 11) is 0. The first kappa shape index (κ1) is 4.67. The molecule has 1 fully saturated rings. The average Bonchev–Trinajstić information content (AvgIpc) is 2.14. The van der Waals surface area contributed by atoms with E-state index in [-0.39, 0.29) is 0 Å². The SMILES string of the molecule is [C]#CC1CCOC1. The minimum Gasteiger partial charge on any atom is -0.380 e. The van der Waals surface area contributed by atoms with Crippen molar-refractivity contribution >= 4 is 0 Å². The van der Waals surface area contributed by atoms with Gasteiger partial charge in [-0.15, -0.1) is 0 Å². The molecule has 0 spiro atoms. The Kier molecular flexibility index (Phi) is 1.33. The molecule has 1 aliphatic heterocycles. The van der Waals surface area contributed by atoms with Crippen LogP contribution in [0.15, 0.2) is 0 Å². The lowest BCUT2D eigenvalue weighted by Crippen LogP contribution is -1.91. The van der Waals surface area contributed by atoms with Gasteiger partial charge in [0.15, 0.2) is 0 Å². The van der Waals surface area contributed by atoms with Crippen molar-refractivity contribution in [2.24, 2.45) is 5.92 Å². The van der Waals surface area contributed by atoms with Crippen LogP contribution in [-0.2, 0) is 4.74 Å². The van der Waals surface area contributed by atoms with E-state index >= 15 is 0 Å². The molecule has 37 valence electrons. The van der Waals surface area contributed by atoms with Crippen LogP contribution in [0.4, 0.5) is 0 Å². The fourth-order valence-corrected chi connectivity index (χ4v) is 0.648. The first-order chi connectivity index (χ1) is 3.43. The largest absolute Gasteiger partial charge is 0.380 e. The highest BCUT2D eigenvalue weighted by Crippen LogP contribution is 2.09. The standard InChI is InChI=1S/C6H7O/c1-2-6-3-4-7-5-6/h6H,3-5H2. The van der Waals surface area contributed by atoms with Gasteiger partial charge in [0.2, 0.25) is 0 Å². The van der Waals surface area contributed by atoms with Crippen molar-refractivity contribution in [2.45, 2.75) is 6.42 Å². The summed E-state index contributed by atoms with van der Waals surface area (Å²) in [6, 6.07) is 0. The molecular weight excluding hydrogens is 88.1 g/mol. The van der Waals surface area contributed by atoms with Gasteiger partial charge < -0.3 is 4.74 Å². The Labute approximate surface area is 43.7 Å². The zero-order valence-corrected chi connectivity index (χ0v) is 4.11. The maximum Gasteiger partial charge on any atom is 0.0605 e. The van der Waals surface area contributed by atoms with Crippen LogP contribution in [-0.4, -0.2) is 13.2 Å². The average molecular weight is 95.1 g/mol. The highest BCUT2D eigenvalue weighted by Gasteiger charge is 2.10. The molecule has 1 heterocycles. The van der Waals surface area contributed by atoms with Crippen molar-refractivity contribution in [3.63, 3.8) is 0 Å². The second-order valence-corrected chi connectivity index (χ2v) is 1.70. The molecule has 0 N–H and O–H groups in total. The number of hydrogen-bond donors (Lipinski definition) is 0. The first-order valence-electron chi connectivity index (χ1n) is 2.43. The van der Waals surface area contributed by atoms with Crippen molar-refractivity contribution in [1.29, 1.82) is 0 Å². The van der Waals surface area contributed by atoms with Crippen molar-refractivity contribution < 1.29 is 4.74 Å². The van der Waals surface area contributed by atoms with E-state index < -0.39 is 0 Å². The normalized spacial score (nSPS) is 29.9. The molecule has 1 radical (unpaired) electrons. The molecule has 1 nitrogen and oxygen atoms in total. The van der Waals surface area contributed by atoms with Gasteiger partial charge >= 0.3 is 0 Å². The van der Waals surface area contributed by atoms with Gasteiger partial charge in [0.05, 0.1) is 6.61 Å². The third-order valence-electron chi connectivity index (χ3n) is 1.13. The Hall–Kier alpha value is -0.480. The lowest BCUT2D eigenvalue weighted by Gasteiger charge is -1.88. The Morgan fingerprint density at radius 1 is 1.71 bits per heavy atom. The lowest BCUT2D eigenvalue weighted by molar-refractivity contribution is 0.192. The molecule has 0 aliphatic carbocycles. The number of ether oxygens (including phenoxy) is 1. The third kappa shape index (κ3) is 0.942. The van der Waals surface area contributed by atoms with E-state index in [0.29, 0.717) is 12.5 Å². The fourth-order valence-electron chi connectivity index (χ4n) is 0.648. The molecule has 0 aromatic rings. The molecule has 0 saturated carbocycles. The smallest absolute Gasteiger partial charge is 0.0605 e. The molecule has 1 rings (SSSR count). The highest BCUT2D eigenvalue weighted by molar-refractivity contribution is 4.88. The Morgan fingerprint density at radius 3 is 2.86 bits per heavy atom. The summed E-state index contributed by atoms with van der Waals surface area (Å²) in [6.45, 7) is 1.53. The zero-order valence-electron chi connectivity index (χ0n) is 4.11. The van der Waals surface area contributed by atoms with Crippen LogP contribution in [0.5, 0.6) is 0 Å². The molecule has 7 heavy (non-hydrogen) atoms. The summed E-state index contributed by atoms with van der Waals surface area (Å²) in [4.78, 5) is 0. The summed E-state index contributed by atoms with van der Waals surface area (Å²) in [5, 5.41) is 0. The molecule has 0 bridgehead atoms. The molecule has 1 saturated heterocycles. The Bertz CT molecular complexity index is 84.8. The fraction of sp³-hybridized carbons (Fsp3) is 0.667. The first-order valence-corrected chi connectivity index (χ1v) is 2.43. The maximum absolute atomic E-state index is 6.67. The minimum absolute atomic E-state index is 0.292. The molecule has 0 aromatic heterocycles. The summed E-state index contributed by atoms with van der Waals surface area (Å²) >= 11 is 0. The maximum atomic E-state index is 6.67. The van der Waals surface area contributed by atoms with Gasteiger partial charge in [0.1, 0.15) is 0 Å². The van der Waals surface area contributed by atoms with E-state index in [1.165, 1.54) is 0 Å². The van der Waals surface area contributed by atoms with Gasteiger partial charge in [-0.05, 0) is 12.8 Å². The summed E-state index contributed by atoms with van der Waals surface area (Å²) in [6.07, 6.45) is 7.66. The van der Waals surface area contributed by atoms with Crippen LogP contribution < -0.4 is 0 Å². The Balaban J connectivity index is 2.31. The van der Waals surface area contributed by atoms with Crippen molar-refractivity contribution in [3.05, 3.63) is 6.42 Å². The van der Waals surface area contributed by atoms with Crippen LogP contribution in [0.2, 0.25) is 0 Å². The lowest BCUT2D eigenvalue weighted by atomic mass is 10.1. The topological polar surface area (TPSA) is 9.23 Å². The monoisotopic (exact) mass is 95.0 g/mol. The molecule has 1 unspecified atom stereocenters. The van der Waals surface area contributed by atoms with Crippen molar-refractivity contribution in [3.8, 4) is 5.92 Å². The number of hydrogen-bond acceptors (Lipinski definition) is 1. The van der Waals surface area contributed by atoms with Gasteiger partial charge in [0.25, 0.3) is 0 Å². The Morgan fingerprint density at radius 2 is 2.57 bits per heavy atom. The predicted octanol–water partition coefficient (Wildman–Crippen LogP) is 0.613. The minimum atomic E-state index is 0.292.